The van der Waals surface area contributed by atoms with Crippen molar-refractivity contribution in [3.8, 4) is 0 Å². The van der Waals surface area contributed by atoms with Crippen molar-refractivity contribution in [1.29, 1.82) is 0 Å². The molecule has 0 spiro atoms. The van der Waals surface area contributed by atoms with Crippen LogP contribution in [0.4, 0.5) is 0 Å². The highest BCUT2D eigenvalue weighted by Gasteiger charge is 2.45. The van der Waals surface area contributed by atoms with Crippen LogP contribution >= 0.6 is 0 Å². The molecule has 4 amide bonds. The van der Waals surface area contributed by atoms with Gasteiger partial charge in [-0.05, 0) is 66.4 Å². The fourth-order valence-corrected chi connectivity index (χ4v) is 8.46. The predicted octanol–water partition coefficient (Wildman–Crippen LogP) is 6.69. The van der Waals surface area contributed by atoms with Crippen LogP contribution in [0.5, 0.6) is 0 Å². The molecule has 8 unspecified atom stereocenters. The summed E-state index contributed by atoms with van der Waals surface area (Å²) in [6, 6.07) is 12.8. The lowest BCUT2D eigenvalue weighted by molar-refractivity contribution is -0.179. The van der Waals surface area contributed by atoms with Crippen molar-refractivity contribution in [3.05, 3.63) is 71.8 Å². The fraction of sp³-hybridized carbons (Fsp3) is 0.636. The van der Waals surface area contributed by atoms with Gasteiger partial charge in [-0.1, -0.05) is 143 Å². The van der Waals surface area contributed by atoms with Gasteiger partial charge in [0, 0.05) is 41.0 Å². The second-order valence-corrected chi connectivity index (χ2v) is 20.9. The Bertz CT molecular complexity index is 2090. The van der Waals surface area contributed by atoms with E-state index >= 15 is 0 Å². The van der Waals surface area contributed by atoms with E-state index in [4.69, 9.17) is 18.9 Å². The van der Waals surface area contributed by atoms with E-state index in [1.54, 1.807) is 96.1 Å². The van der Waals surface area contributed by atoms with Crippen molar-refractivity contribution in [3.63, 3.8) is 0 Å². The third-order valence-corrected chi connectivity index (χ3v) is 12.9. The van der Waals surface area contributed by atoms with Crippen molar-refractivity contribution >= 4 is 47.5 Å². The number of esters is 4. The van der Waals surface area contributed by atoms with Gasteiger partial charge in [-0.2, -0.15) is 0 Å². The van der Waals surface area contributed by atoms with Gasteiger partial charge in [0.1, 0.15) is 24.2 Å². The molecule has 0 N–H and O–H groups in total. The van der Waals surface area contributed by atoms with Gasteiger partial charge in [-0.25, -0.2) is 19.2 Å². The molecule has 394 valence electrons. The van der Waals surface area contributed by atoms with E-state index in [9.17, 15) is 38.4 Å². The zero-order valence-electron chi connectivity index (χ0n) is 44.9. The summed E-state index contributed by atoms with van der Waals surface area (Å²) >= 11 is 0. The van der Waals surface area contributed by atoms with Gasteiger partial charge in [0.2, 0.25) is 0 Å². The summed E-state index contributed by atoms with van der Waals surface area (Å²) in [6.45, 7) is 19.5. The lowest BCUT2D eigenvalue weighted by Gasteiger charge is -2.37. The van der Waals surface area contributed by atoms with Crippen LogP contribution in [0.2, 0.25) is 0 Å². The Morgan fingerprint density at radius 1 is 0.423 bits per heavy atom. The number of likely N-dealkylation sites (N-methyl/N-ethyl adjacent to an activating group) is 4. The Balaban J connectivity index is 2.34. The maximum absolute atomic E-state index is 14.8. The van der Waals surface area contributed by atoms with Crippen molar-refractivity contribution in [2.75, 3.05) is 28.2 Å². The number of ether oxygens (including phenoxy) is 4. The summed E-state index contributed by atoms with van der Waals surface area (Å²) in [6.07, 6.45) is -4.34. The molecule has 2 aromatic carbocycles. The molecule has 1 fully saturated rings. The van der Waals surface area contributed by atoms with Gasteiger partial charge in [-0.3, -0.25) is 19.2 Å². The number of nitrogens with zero attached hydrogens (tertiary/aromatic N) is 4. The molecule has 16 heteroatoms. The molecule has 1 heterocycles. The summed E-state index contributed by atoms with van der Waals surface area (Å²) in [7, 11) is 5.64. The van der Waals surface area contributed by atoms with E-state index in [2.05, 4.69) is 0 Å². The number of unbranched alkanes of at least 4 members (excludes halogenated alkanes) is 1. The first-order valence-corrected chi connectivity index (χ1v) is 25.3. The van der Waals surface area contributed by atoms with Crippen LogP contribution in [0.15, 0.2) is 60.7 Å². The van der Waals surface area contributed by atoms with Crippen LogP contribution in [0.1, 0.15) is 119 Å². The van der Waals surface area contributed by atoms with Gasteiger partial charge < -0.3 is 38.5 Å². The van der Waals surface area contributed by atoms with Gasteiger partial charge in [0.15, 0.2) is 24.4 Å². The Hall–Kier alpha value is -5.80. The van der Waals surface area contributed by atoms with Crippen molar-refractivity contribution in [2.24, 2.45) is 29.6 Å². The van der Waals surface area contributed by atoms with E-state index in [1.165, 1.54) is 42.9 Å². The number of carbonyl (C=O) groups is 8. The summed E-state index contributed by atoms with van der Waals surface area (Å²) in [4.78, 5) is 122. The van der Waals surface area contributed by atoms with Crippen molar-refractivity contribution < 1.29 is 57.3 Å². The summed E-state index contributed by atoms with van der Waals surface area (Å²) in [5, 5.41) is 0. The van der Waals surface area contributed by atoms with Crippen LogP contribution in [0.25, 0.3) is 0 Å². The molecule has 0 radical (unpaired) electrons. The number of amides is 4. The highest BCUT2D eigenvalue weighted by molar-refractivity contribution is 5.94. The molecule has 1 aliphatic heterocycles. The van der Waals surface area contributed by atoms with Crippen LogP contribution in [-0.2, 0) is 70.1 Å². The molecule has 0 aromatic heterocycles. The largest absolute Gasteiger partial charge is 0.451 e. The number of hydrogen-bond acceptors (Lipinski definition) is 12. The smallest absolute Gasteiger partial charge is 0.329 e. The maximum Gasteiger partial charge on any atom is 0.329 e. The summed E-state index contributed by atoms with van der Waals surface area (Å²) in [5.41, 5.74) is 1.34. The van der Waals surface area contributed by atoms with Crippen molar-refractivity contribution in [2.45, 2.75) is 170 Å². The first kappa shape index (κ1) is 59.5. The molecule has 1 aliphatic rings. The Morgan fingerprint density at radius 3 is 1.03 bits per heavy atom. The quantitative estimate of drug-likeness (QED) is 0.144. The van der Waals surface area contributed by atoms with Crippen molar-refractivity contribution in [1.82, 2.24) is 19.6 Å². The molecule has 0 saturated carbocycles. The fourth-order valence-electron chi connectivity index (χ4n) is 8.46. The molecule has 71 heavy (non-hydrogen) atoms. The highest BCUT2D eigenvalue weighted by atomic mass is 16.6. The van der Waals surface area contributed by atoms with Gasteiger partial charge >= 0.3 is 23.9 Å². The minimum absolute atomic E-state index is 0.0340. The molecular weight excluding hydrogens is 909 g/mol. The van der Waals surface area contributed by atoms with E-state index in [0.29, 0.717) is 24.0 Å². The molecular formula is C55H82N4O12. The van der Waals surface area contributed by atoms with Gasteiger partial charge in [-0.15, -0.1) is 0 Å². The maximum atomic E-state index is 14.8. The molecule has 8 atom stereocenters. The van der Waals surface area contributed by atoms with E-state index in [0.717, 1.165) is 4.90 Å². The first-order chi connectivity index (χ1) is 33.3. The van der Waals surface area contributed by atoms with E-state index in [-0.39, 0.29) is 43.9 Å². The molecule has 0 bridgehead atoms. The number of cyclic esters (lactones) is 4. The SMILES string of the molecule is CCCCC1OC(=O)C(Cc2ccccc2)N(C)C(=O)C(C(C)C)OC(=O)C(Cc2ccccc2)N(C)C(=O)C(C(C)C)OC(=O)C(CC(C)C)N(C)C(=O)C(C(C)C)OC(=O)C(CC(C)C)N(C)C1=O. The zero-order chi connectivity index (χ0) is 53.4. The molecule has 2 aromatic rings. The zero-order valence-corrected chi connectivity index (χ0v) is 44.9. The Morgan fingerprint density at radius 2 is 0.718 bits per heavy atom. The Labute approximate surface area is 422 Å². The first-order valence-electron chi connectivity index (χ1n) is 25.3. The second kappa shape index (κ2) is 27.7. The average molecular weight is 991 g/mol. The summed E-state index contributed by atoms with van der Waals surface area (Å²) < 4.78 is 24.4. The number of carbonyl (C=O) groups excluding carboxylic acids is 8. The van der Waals surface area contributed by atoms with E-state index < -0.39 is 114 Å². The van der Waals surface area contributed by atoms with Gasteiger partial charge in [0.05, 0.1) is 0 Å². The minimum Gasteiger partial charge on any atom is -0.451 e. The topological polar surface area (TPSA) is 186 Å². The highest BCUT2D eigenvalue weighted by Crippen LogP contribution is 2.26. The second-order valence-electron chi connectivity index (χ2n) is 20.9. The summed E-state index contributed by atoms with van der Waals surface area (Å²) in [5.74, 6) is -8.55. The Kier molecular flexibility index (Phi) is 23.2. The molecule has 0 aliphatic carbocycles. The molecule has 16 nitrogen and oxygen atoms in total. The molecule has 3 rings (SSSR count). The minimum atomic E-state index is -1.46. The number of benzene rings is 2. The number of hydrogen-bond donors (Lipinski definition) is 0. The standard InChI is InChI=1S/C55H82N4O12/c1-16-17-28-44-48(60)56(12)40(29-33(2)3)53(65)69-45(35(6)7)49(61)57(13)41(30-34(4)5)54(66)70-46(36(8)9)51(63)59(15)43(32-39-26-22-19-23-27-39)55(67)71-47(37(10)11)50(62)58(14)42(52(64)68-44)31-38-24-20-18-21-25-38/h18-27,33-37,40-47H,16-17,28-32H2,1-15H3. The van der Waals surface area contributed by atoms with Gasteiger partial charge in [0.25, 0.3) is 23.6 Å². The van der Waals surface area contributed by atoms with E-state index in [1.807, 2.05) is 40.7 Å². The average Bonchev–Trinajstić information content (AvgIpc) is 3.32. The van der Waals surface area contributed by atoms with Crippen LogP contribution in [0, 0.1) is 29.6 Å². The predicted molar refractivity (Wildman–Crippen MR) is 269 cm³/mol. The lowest BCUT2D eigenvalue weighted by Crippen LogP contribution is -2.56. The monoisotopic (exact) mass is 991 g/mol. The van der Waals surface area contributed by atoms with Crippen LogP contribution < -0.4 is 0 Å². The van der Waals surface area contributed by atoms with Crippen LogP contribution in [-0.4, -0.2) is 144 Å². The number of rotatable bonds is 14. The normalized spacial score (nSPS) is 24.7. The third-order valence-electron chi connectivity index (χ3n) is 12.9. The van der Waals surface area contributed by atoms with Crippen LogP contribution in [0.3, 0.4) is 0 Å². The lowest BCUT2D eigenvalue weighted by atomic mass is 9.98. The third kappa shape index (κ3) is 16.6. The molecule has 1 saturated heterocycles.